The number of hydrogen-bond acceptors (Lipinski definition) is 4. The quantitative estimate of drug-likeness (QED) is 0.889. The van der Waals surface area contributed by atoms with Gasteiger partial charge in [-0.05, 0) is 18.6 Å². The number of para-hydroxylation sites is 1. The van der Waals surface area contributed by atoms with Crippen molar-refractivity contribution in [2.75, 3.05) is 17.2 Å². The summed E-state index contributed by atoms with van der Waals surface area (Å²) in [6.07, 6.45) is 3.73. The van der Waals surface area contributed by atoms with Gasteiger partial charge in [0.1, 0.15) is 17.3 Å². The fourth-order valence-corrected chi connectivity index (χ4v) is 1.79. The Hall–Kier alpha value is -2.21. The minimum atomic E-state index is -0.606. The zero-order valence-corrected chi connectivity index (χ0v) is 12.1. The van der Waals surface area contributed by atoms with Gasteiger partial charge in [-0.15, -0.1) is 0 Å². The Morgan fingerprint density at radius 1 is 1.33 bits per heavy atom. The molecule has 0 aliphatic heterocycles. The van der Waals surface area contributed by atoms with Crippen LogP contribution in [0.25, 0.3) is 0 Å². The molecule has 7 heteroatoms. The van der Waals surface area contributed by atoms with Crippen LogP contribution in [0, 0.1) is 5.82 Å². The summed E-state index contributed by atoms with van der Waals surface area (Å²) in [6.45, 7) is 2.80. The largest absolute Gasteiger partial charge is 0.369 e. The number of hydrogen-bond donors (Lipinski definition) is 2. The van der Waals surface area contributed by atoms with Crippen LogP contribution in [0.4, 0.5) is 15.9 Å². The van der Waals surface area contributed by atoms with Gasteiger partial charge in [0.05, 0.1) is 23.1 Å². The molecular weight excluding hydrogens is 295 g/mol. The van der Waals surface area contributed by atoms with Gasteiger partial charge in [-0.25, -0.2) is 14.4 Å². The molecular formula is C14H14ClFN4O. The van der Waals surface area contributed by atoms with Crippen LogP contribution in [-0.2, 0) is 0 Å². The molecule has 0 fully saturated rings. The first-order valence-corrected chi connectivity index (χ1v) is 6.81. The molecule has 0 saturated heterocycles. The van der Waals surface area contributed by atoms with Gasteiger partial charge in [0, 0.05) is 6.54 Å². The zero-order chi connectivity index (χ0) is 15.2. The number of anilines is 2. The molecule has 21 heavy (non-hydrogen) atoms. The van der Waals surface area contributed by atoms with E-state index in [1.165, 1.54) is 30.6 Å². The van der Waals surface area contributed by atoms with Crippen LogP contribution in [0.5, 0.6) is 0 Å². The summed E-state index contributed by atoms with van der Waals surface area (Å²) in [6, 6.07) is 4.16. The van der Waals surface area contributed by atoms with Crippen molar-refractivity contribution >= 4 is 29.0 Å². The normalized spacial score (nSPS) is 10.2. The van der Waals surface area contributed by atoms with Gasteiger partial charge in [-0.2, -0.15) is 0 Å². The van der Waals surface area contributed by atoms with E-state index in [0.29, 0.717) is 5.82 Å². The molecule has 0 spiro atoms. The molecule has 5 nitrogen and oxygen atoms in total. The molecule has 2 aromatic rings. The van der Waals surface area contributed by atoms with Gasteiger partial charge in [-0.1, -0.05) is 24.6 Å². The van der Waals surface area contributed by atoms with Crippen LogP contribution in [0.2, 0.25) is 5.02 Å². The van der Waals surface area contributed by atoms with Crippen LogP contribution in [0.1, 0.15) is 23.8 Å². The van der Waals surface area contributed by atoms with Crippen molar-refractivity contribution in [2.24, 2.45) is 0 Å². The smallest absolute Gasteiger partial charge is 0.275 e. The number of benzene rings is 1. The summed E-state index contributed by atoms with van der Waals surface area (Å²) in [5.74, 6) is -0.598. The summed E-state index contributed by atoms with van der Waals surface area (Å²) in [5.41, 5.74) is 0.00974. The Labute approximate surface area is 126 Å². The van der Waals surface area contributed by atoms with E-state index in [0.717, 1.165) is 13.0 Å². The van der Waals surface area contributed by atoms with E-state index in [1.54, 1.807) is 0 Å². The Balaban J connectivity index is 2.10. The molecule has 0 atom stereocenters. The van der Waals surface area contributed by atoms with Crippen LogP contribution in [-0.4, -0.2) is 22.4 Å². The number of carbonyl (C=O) groups excluding carboxylic acids is 1. The van der Waals surface area contributed by atoms with E-state index < -0.39 is 11.7 Å². The molecule has 1 aromatic heterocycles. The average molecular weight is 309 g/mol. The second-order valence-electron chi connectivity index (χ2n) is 4.26. The van der Waals surface area contributed by atoms with Gasteiger partial charge < -0.3 is 10.6 Å². The molecule has 0 radical (unpaired) electrons. The number of nitrogens with zero attached hydrogens (tertiary/aromatic N) is 2. The van der Waals surface area contributed by atoms with Crippen LogP contribution in [0.15, 0.2) is 30.6 Å². The number of carbonyl (C=O) groups is 1. The Morgan fingerprint density at radius 2 is 2.14 bits per heavy atom. The summed E-state index contributed by atoms with van der Waals surface area (Å²) in [4.78, 5) is 20.0. The first kappa shape index (κ1) is 15.2. The van der Waals surface area contributed by atoms with Crippen molar-refractivity contribution in [2.45, 2.75) is 13.3 Å². The molecule has 0 aliphatic rings. The lowest BCUT2D eigenvalue weighted by molar-refractivity contribution is 0.102. The van der Waals surface area contributed by atoms with Gasteiger partial charge in [0.15, 0.2) is 0 Å². The van der Waals surface area contributed by atoms with Crippen LogP contribution in [0.3, 0.4) is 0 Å². The second kappa shape index (κ2) is 6.99. The summed E-state index contributed by atoms with van der Waals surface area (Å²) < 4.78 is 13.6. The second-order valence-corrected chi connectivity index (χ2v) is 4.67. The first-order chi connectivity index (χ1) is 10.1. The lowest BCUT2D eigenvalue weighted by Crippen LogP contribution is -2.15. The Bertz CT molecular complexity index is 613. The number of nitrogens with one attached hydrogen (secondary N) is 2. The highest BCUT2D eigenvalue weighted by Gasteiger charge is 2.13. The lowest BCUT2D eigenvalue weighted by Gasteiger charge is -2.08. The highest BCUT2D eigenvalue weighted by molar-refractivity contribution is 6.33. The molecule has 1 aromatic carbocycles. The molecule has 2 rings (SSSR count). The molecule has 110 valence electrons. The number of halogens is 2. The minimum absolute atomic E-state index is 0.0702. The third-order valence-corrected chi connectivity index (χ3v) is 2.96. The fourth-order valence-electron chi connectivity index (χ4n) is 1.58. The zero-order valence-electron chi connectivity index (χ0n) is 11.4. The van der Waals surface area contributed by atoms with Gasteiger partial charge in [-0.3, -0.25) is 4.79 Å². The topological polar surface area (TPSA) is 66.9 Å². The predicted octanol–water partition coefficient (Wildman–Crippen LogP) is 3.34. The minimum Gasteiger partial charge on any atom is -0.369 e. The number of amides is 1. The highest BCUT2D eigenvalue weighted by Crippen LogP contribution is 2.24. The molecule has 2 N–H and O–H groups in total. The predicted molar refractivity (Wildman–Crippen MR) is 80.2 cm³/mol. The van der Waals surface area contributed by atoms with E-state index in [2.05, 4.69) is 20.6 Å². The van der Waals surface area contributed by atoms with Gasteiger partial charge >= 0.3 is 0 Å². The maximum Gasteiger partial charge on any atom is 0.275 e. The molecule has 0 unspecified atom stereocenters. The SMILES string of the molecule is CCCNc1cnc(C(=O)Nc2c(F)cccc2Cl)cn1. The van der Waals surface area contributed by atoms with E-state index >= 15 is 0 Å². The monoisotopic (exact) mass is 308 g/mol. The fraction of sp³-hybridized carbons (Fsp3) is 0.214. The first-order valence-electron chi connectivity index (χ1n) is 6.43. The van der Waals surface area contributed by atoms with Crippen molar-refractivity contribution < 1.29 is 9.18 Å². The van der Waals surface area contributed by atoms with Crippen LogP contribution >= 0.6 is 11.6 Å². The van der Waals surface area contributed by atoms with Crippen LogP contribution < -0.4 is 10.6 Å². The molecule has 0 bridgehead atoms. The van der Waals surface area contributed by atoms with Crippen molar-refractivity contribution in [3.8, 4) is 0 Å². The third-order valence-electron chi connectivity index (χ3n) is 2.64. The van der Waals surface area contributed by atoms with Crippen molar-refractivity contribution in [3.63, 3.8) is 0 Å². The molecule has 1 amide bonds. The average Bonchev–Trinajstić information content (AvgIpc) is 2.49. The van der Waals surface area contributed by atoms with Crippen molar-refractivity contribution in [3.05, 3.63) is 47.1 Å². The van der Waals surface area contributed by atoms with E-state index in [1.807, 2.05) is 6.92 Å². The van der Waals surface area contributed by atoms with E-state index in [4.69, 9.17) is 11.6 Å². The van der Waals surface area contributed by atoms with Crippen molar-refractivity contribution in [1.29, 1.82) is 0 Å². The number of aromatic nitrogens is 2. The standard InChI is InChI=1S/C14H14ClFN4O/c1-2-6-17-12-8-18-11(7-19-12)14(21)20-13-9(15)4-3-5-10(13)16/h3-5,7-8H,2,6H2,1H3,(H,17,19)(H,20,21). The summed E-state index contributed by atoms with van der Waals surface area (Å²) in [7, 11) is 0. The van der Waals surface area contributed by atoms with Crippen molar-refractivity contribution in [1.82, 2.24) is 9.97 Å². The lowest BCUT2D eigenvalue weighted by atomic mass is 10.3. The number of rotatable bonds is 5. The van der Waals surface area contributed by atoms with Gasteiger partial charge in [0.2, 0.25) is 0 Å². The van der Waals surface area contributed by atoms with E-state index in [-0.39, 0.29) is 16.4 Å². The van der Waals surface area contributed by atoms with E-state index in [9.17, 15) is 9.18 Å². The molecule has 0 saturated carbocycles. The maximum absolute atomic E-state index is 13.6. The third kappa shape index (κ3) is 3.88. The Morgan fingerprint density at radius 3 is 2.76 bits per heavy atom. The summed E-state index contributed by atoms with van der Waals surface area (Å²) in [5, 5.41) is 5.55. The summed E-state index contributed by atoms with van der Waals surface area (Å²) >= 11 is 5.84. The molecule has 0 aliphatic carbocycles. The molecule has 1 heterocycles. The maximum atomic E-state index is 13.6. The highest BCUT2D eigenvalue weighted by atomic mass is 35.5. The van der Waals surface area contributed by atoms with Gasteiger partial charge in [0.25, 0.3) is 5.91 Å². The Kier molecular flexibility index (Phi) is 5.05.